The number of carbonyl (C=O) groups excluding carboxylic acids is 2. The highest BCUT2D eigenvalue weighted by Gasteiger charge is 2.18. The van der Waals surface area contributed by atoms with Crippen LogP contribution in [-0.4, -0.2) is 43.9 Å². The molecular formula is C15H22ClN3O2. The van der Waals surface area contributed by atoms with Gasteiger partial charge in [0.25, 0.3) is 5.91 Å². The first kappa shape index (κ1) is 17.5. The summed E-state index contributed by atoms with van der Waals surface area (Å²) in [5, 5.41) is 6.12. The van der Waals surface area contributed by atoms with E-state index in [1.54, 1.807) is 38.4 Å². The van der Waals surface area contributed by atoms with Crippen molar-refractivity contribution in [2.45, 2.75) is 12.8 Å². The van der Waals surface area contributed by atoms with E-state index < -0.39 is 0 Å². The van der Waals surface area contributed by atoms with Crippen molar-refractivity contribution in [3.63, 3.8) is 0 Å². The molecule has 0 spiro atoms. The minimum absolute atomic E-state index is 0. The number of carbonyl (C=O) groups is 2. The van der Waals surface area contributed by atoms with E-state index in [9.17, 15) is 9.59 Å². The highest BCUT2D eigenvalue weighted by atomic mass is 35.5. The fraction of sp³-hybridized carbons (Fsp3) is 0.467. The molecule has 0 radical (unpaired) electrons. The van der Waals surface area contributed by atoms with Gasteiger partial charge in [-0.1, -0.05) is 0 Å². The van der Waals surface area contributed by atoms with Crippen LogP contribution < -0.4 is 10.6 Å². The smallest absolute Gasteiger partial charge is 0.253 e. The van der Waals surface area contributed by atoms with Crippen molar-refractivity contribution >= 4 is 29.9 Å². The van der Waals surface area contributed by atoms with E-state index in [1.165, 1.54) is 4.90 Å². The van der Waals surface area contributed by atoms with E-state index in [-0.39, 0.29) is 24.2 Å². The Balaban J connectivity index is 0.00000220. The number of hydrogen-bond donors (Lipinski definition) is 2. The zero-order chi connectivity index (χ0) is 14.5. The van der Waals surface area contributed by atoms with Gasteiger partial charge in [-0.25, -0.2) is 0 Å². The number of amides is 2. The topological polar surface area (TPSA) is 61.4 Å². The average Bonchev–Trinajstić information content (AvgIpc) is 2.91. The number of hydrogen-bond acceptors (Lipinski definition) is 3. The lowest BCUT2D eigenvalue weighted by atomic mass is 10.0. The van der Waals surface area contributed by atoms with Crippen LogP contribution in [0.4, 0.5) is 5.69 Å². The molecular weight excluding hydrogens is 290 g/mol. The fourth-order valence-corrected chi connectivity index (χ4v) is 2.32. The number of nitrogens with one attached hydrogen (secondary N) is 2. The standard InChI is InChI=1S/C15H21N3O2.ClH/c1-18(2)15(20)12-3-5-13(6-4-12)17-14(19)9-11-7-8-16-10-11;/h3-6,11,16H,7-10H2,1-2H3,(H,17,19);1H. The lowest BCUT2D eigenvalue weighted by molar-refractivity contribution is -0.116. The molecule has 1 saturated heterocycles. The lowest BCUT2D eigenvalue weighted by Crippen LogP contribution is -2.21. The molecule has 6 heteroatoms. The van der Waals surface area contributed by atoms with Crippen LogP contribution in [0, 0.1) is 5.92 Å². The lowest BCUT2D eigenvalue weighted by Gasteiger charge is -2.12. The van der Waals surface area contributed by atoms with Gasteiger partial charge >= 0.3 is 0 Å². The Morgan fingerprint density at radius 3 is 2.48 bits per heavy atom. The number of nitrogens with zero attached hydrogens (tertiary/aromatic N) is 1. The molecule has 0 bridgehead atoms. The van der Waals surface area contributed by atoms with Crippen molar-refractivity contribution in [1.29, 1.82) is 0 Å². The third-order valence-electron chi connectivity index (χ3n) is 3.46. The van der Waals surface area contributed by atoms with Gasteiger partial charge in [-0.3, -0.25) is 9.59 Å². The van der Waals surface area contributed by atoms with E-state index in [0.29, 0.717) is 17.9 Å². The SMILES string of the molecule is CN(C)C(=O)c1ccc(NC(=O)CC2CCNC2)cc1.Cl. The van der Waals surface area contributed by atoms with E-state index in [1.807, 2.05) is 0 Å². The second-order valence-electron chi connectivity index (χ2n) is 5.39. The minimum atomic E-state index is -0.0418. The molecule has 2 amide bonds. The maximum Gasteiger partial charge on any atom is 0.253 e. The van der Waals surface area contributed by atoms with Crippen molar-refractivity contribution in [1.82, 2.24) is 10.2 Å². The van der Waals surface area contributed by atoms with Crippen LogP contribution in [0.25, 0.3) is 0 Å². The number of benzene rings is 1. The normalized spacial score (nSPS) is 17.0. The highest BCUT2D eigenvalue weighted by Crippen LogP contribution is 2.15. The van der Waals surface area contributed by atoms with Crippen molar-refractivity contribution in [3.8, 4) is 0 Å². The predicted octanol–water partition coefficient (Wildman–Crippen LogP) is 1.75. The molecule has 0 saturated carbocycles. The van der Waals surface area contributed by atoms with Crippen LogP contribution in [0.3, 0.4) is 0 Å². The van der Waals surface area contributed by atoms with Crippen LogP contribution in [-0.2, 0) is 4.79 Å². The van der Waals surface area contributed by atoms with Gasteiger partial charge in [0.2, 0.25) is 5.91 Å². The van der Waals surface area contributed by atoms with Gasteiger partial charge in [-0.15, -0.1) is 12.4 Å². The van der Waals surface area contributed by atoms with Gasteiger partial charge in [0.1, 0.15) is 0 Å². The molecule has 116 valence electrons. The van der Waals surface area contributed by atoms with Crippen LogP contribution in [0.1, 0.15) is 23.2 Å². The van der Waals surface area contributed by atoms with Crippen LogP contribution in [0.2, 0.25) is 0 Å². The summed E-state index contributed by atoms with van der Waals surface area (Å²) < 4.78 is 0. The Labute approximate surface area is 131 Å². The third kappa shape index (κ3) is 5.02. The van der Waals surface area contributed by atoms with Crippen molar-refractivity contribution in [3.05, 3.63) is 29.8 Å². The molecule has 5 nitrogen and oxygen atoms in total. The molecule has 0 aliphatic carbocycles. The summed E-state index contributed by atoms with van der Waals surface area (Å²) in [7, 11) is 3.43. The van der Waals surface area contributed by atoms with Crippen LogP contribution in [0.5, 0.6) is 0 Å². The maximum absolute atomic E-state index is 11.9. The van der Waals surface area contributed by atoms with Crippen LogP contribution in [0.15, 0.2) is 24.3 Å². The largest absolute Gasteiger partial charge is 0.345 e. The highest BCUT2D eigenvalue weighted by molar-refractivity contribution is 5.95. The molecule has 2 rings (SSSR count). The maximum atomic E-state index is 11.9. The summed E-state index contributed by atoms with van der Waals surface area (Å²) in [6, 6.07) is 6.99. The van der Waals surface area contributed by atoms with E-state index >= 15 is 0 Å². The summed E-state index contributed by atoms with van der Waals surface area (Å²) in [5.41, 5.74) is 1.35. The summed E-state index contributed by atoms with van der Waals surface area (Å²) in [5.74, 6) is 0.426. The van der Waals surface area contributed by atoms with Gasteiger partial charge in [0.05, 0.1) is 0 Å². The molecule has 1 fully saturated rings. The average molecular weight is 312 g/mol. The van der Waals surface area contributed by atoms with Crippen molar-refractivity contribution in [2.75, 3.05) is 32.5 Å². The Morgan fingerprint density at radius 2 is 1.95 bits per heavy atom. The molecule has 1 atom stereocenters. The molecule has 0 aromatic heterocycles. The molecule has 1 aliphatic rings. The first-order valence-corrected chi connectivity index (χ1v) is 6.88. The molecule has 1 aliphatic heterocycles. The number of rotatable bonds is 4. The molecule has 1 aromatic rings. The molecule has 1 heterocycles. The quantitative estimate of drug-likeness (QED) is 0.890. The zero-order valence-corrected chi connectivity index (χ0v) is 13.2. The second kappa shape index (κ2) is 8.00. The van der Waals surface area contributed by atoms with Gasteiger partial charge in [0.15, 0.2) is 0 Å². The Hall–Kier alpha value is -1.59. The number of halogens is 1. The van der Waals surface area contributed by atoms with Gasteiger partial charge in [0, 0.05) is 31.8 Å². The van der Waals surface area contributed by atoms with Gasteiger partial charge < -0.3 is 15.5 Å². The number of anilines is 1. The predicted molar refractivity (Wildman–Crippen MR) is 85.9 cm³/mol. The Kier molecular flexibility index (Phi) is 6.65. The third-order valence-corrected chi connectivity index (χ3v) is 3.46. The zero-order valence-electron chi connectivity index (χ0n) is 12.4. The second-order valence-corrected chi connectivity index (χ2v) is 5.39. The summed E-state index contributed by atoms with van der Waals surface area (Å²) >= 11 is 0. The van der Waals surface area contributed by atoms with E-state index in [2.05, 4.69) is 10.6 Å². The first-order valence-electron chi connectivity index (χ1n) is 6.88. The Morgan fingerprint density at radius 1 is 1.29 bits per heavy atom. The van der Waals surface area contributed by atoms with Gasteiger partial charge in [-0.2, -0.15) is 0 Å². The monoisotopic (exact) mass is 311 g/mol. The summed E-state index contributed by atoms with van der Waals surface area (Å²) in [6.07, 6.45) is 1.61. The van der Waals surface area contributed by atoms with Crippen molar-refractivity contribution < 1.29 is 9.59 Å². The summed E-state index contributed by atoms with van der Waals surface area (Å²) in [4.78, 5) is 25.1. The van der Waals surface area contributed by atoms with E-state index in [0.717, 1.165) is 25.2 Å². The molecule has 1 aromatic carbocycles. The van der Waals surface area contributed by atoms with E-state index in [4.69, 9.17) is 0 Å². The Bertz CT molecular complexity index is 482. The van der Waals surface area contributed by atoms with Crippen LogP contribution >= 0.6 is 12.4 Å². The fourth-order valence-electron chi connectivity index (χ4n) is 2.32. The first-order chi connectivity index (χ1) is 9.56. The summed E-state index contributed by atoms with van der Waals surface area (Å²) in [6.45, 7) is 1.92. The molecule has 1 unspecified atom stereocenters. The van der Waals surface area contributed by atoms with Gasteiger partial charge in [-0.05, 0) is 49.7 Å². The minimum Gasteiger partial charge on any atom is -0.345 e. The molecule has 2 N–H and O–H groups in total. The molecule has 21 heavy (non-hydrogen) atoms. The van der Waals surface area contributed by atoms with Crippen molar-refractivity contribution in [2.24, 2.45) is 5.92 Å².